The molecule has 0 saturated heterocycles. The maximum Gasteiger partial charge on any atom is 0.277 e. The normalized spacial score (nSPS) is 16.3. The highest BCUT2D eigenvalue weighted by Gasteiger charge is 2.29. The third-order valence-corrected chi connectivity index (χ3v) is 9.03. The molecular weight excluding hydrogens is 542 g/mol. The van der Waals surface area contributed by atoms with E-state index in [0.29, 0.717) is 40.4 Å². The van der Waals surface area contributed by atoms with Crippen molar-refractivity contribution in [2.45, 2.75) is 57.4 Å². The van der Waals surface area contributed by atoms with Crippen LogP contribution < -0.4 is 5.32 Å². The van der Waals surface area contributed by atoms with Gasteiger partial charge in [-0.05, 0) is 45.9 Å². The Morgan fingerprint density at radius 2 is 1.85 bits per heavy atom. The molecule has 1 N–H and O–H groups in total. The van der Waals surface area contributed by atoms with E-state index in [2.05, 4.69) is 25.3 Å². The van der Waals surface area contributed by atoms with Crippen molar-refractivity contribution in [3.8, 4) is 0 Å². The Morgan fingerprint density at radius 1 is 1.08 bits per heavy atom. The lowest BCUT2D eigenvalue weighted by molar-refractivity contribution is 0.224. The number of anilines is 2. The van der Waals surface area contributed by atoms with Crippen molar-refractivity contribution in [1.82, 2.24) is 15.0 Å². The molecule has 1 aromatic carbocycles. The highest BCUT2D eigenvalue weighted by Crippen LogP contribution is 2.39. The molecule has 2 aliphatic rings. The molecule has 0 amide bonds. The highest BCUT2D eigenvalue weighted by atomic mass is 32.2. The average Bonchev–Trinajstić information content (AvgIpc) is 3.44. The highest BCUT2D eigenvalue weighted by molar-refractivity contribution is 8.14. The maximum atomic E-state index is 13.6. The summed E-state index contributed by atoms with van der Waals surface area (Å²) >= 11 is 1.58. The fourth-order valence-corrected chi connectivity index (χ4v) is 6.39. The van der Waals surface area contributed by atoms with Crippen molar-refractivity contribution < 1.29 is 17.2 Å². The molecule has 0 bridgehead atoms. The van der Waals surface area contributed by atoms with E-state index < -0.39 is 16.3 Å². The van der Waals surface area contributed by atoms with Gasteiger partial charge in [0.15, 0.2) is 9.84 Å². The Balaban J connectivity index is 1.56. The number of nitrogens with one attached hydrogen (secondary N) is 1. The van der Waals surface area contributed by atoms with E-state index in [1.165, 1.54) is 0 Å². The van der Waals surface area contributed by atoms with Crippen LogP contribution in [0.4, 0.5) is 25.8 Å². The van der Waals surface area contributed by atoms with Crippen molar-refractivity contribution in [3.63, 3.8) is 0 Å². The quantitative estimate of drug-likeness (QED) is 0.406. The minimum absolute atomic E-state index is 0.0798. The molecule has 8 nitrogen and oxygen atoms in total. The molecule has 39 heavy (non-hydrogen) atoms. The molecule has 2 aromatic heterocycles. The molecule has 0 atom stereocenters. The smallest absolute Gasteiger partial charge is 0.277 e. The second-order valence-corrected chi connectivity index (χ2v) is 13.3. The van der Waals surface area contributed by atoms with E-state index in [1.807, 2.05) is 33.8 Å². The zero-order chi connectivity index (χ0) is 28.1. The van der Waals surface area contributed by atoms with Crippen LogP contribution in [0.15, 0.2) is 45.3 Å². The summed E-state index contributed by atoms with van der Waals surface area (Å²) in [6, 6.07) is 6.79. The minimum Gasteiger partial charge on any atom is -0.353 e. The minimum atomic E-state index is -3.66. The molecule has 5 rings (SSSR count). The molecule has 0 spiro atoms. The van der Waals surface area contributed by atoms with E-state index in [-0.39, 0.29) is 28.3 Å². The van der Waals surface area contributed by atoms with Gasteiger partial charge in [0.05, 0.1) is 55.3 Å². The van der Waals surface area contributed by atoms with Crippen molar-refractivity contribution in [3.05, 3.63) is 64.5 Å². The second-order valence-electron chi connectivity index (χ2n) is 10.4. The Bertz CT molecular complexity index is 1650. The lowest BCUT2D eigenvalue weighted by atomic mass is 10.1. The van der Waals surface area contributed by atoms with Crippen LogP contribution in [0.3, 0.4) is 0 Å². The van der Waals surface area contributed by atoms with E-state index >= 15 is 0 Å². The lowest BCUT2D eigenvalue weighted by Gasteiger charge is -2.16. The van der Waals surface area contributed by atoms with Crippen molar-refractivity contribution >= 4 is 49.4 Å². The number of thioether (sulfide) groups is 1. The number of benzene rings is 1. The van der Waals surface area contributed by atoms with Crippen LogP contribution >= 0.6 is 11.8 Å². The molecule has 204 valence electrons. The third-order valence-electron chi connectivity index (χ3n) is 6.44. The van der Waals surface area contributed by atoms with Crippen LogP contribution in [0.1, 0.15) is 47.9 Å². The molecule has 0 saturated carbocycles. The average molecular weight is 571 g/mol. The molecule has 4 heterocycles. The van der Waals surface area contributed by atoms with Crippen molar-refractivity contribution in [2.75, 3.05) is 17.3 Å². The molecule has 2 aliphatic heterocycles. The lowest BCUT2D eigenvalue weighted by Crippen LogP contribution is -2.15. The second kappa shape index (κ2) is 10.1. The summed E-state index contributed by atoms with van der Waals surface area (Å²) in [4.78, 5) is 22.5. The number of hydrogen-bond donors (Lipinski definition) is 1. The Morgan fingerprint density at radius 3 is 2.49 bits per heavy atom. The zero-order valence-electron chi connectivity index (χ0n) is 22.2. The monoisotopic (exact) mass is 570 g/mol. The van der Waals surface area contributed by atoms with E-state index in [0.717, 1.165) is 28.4 Å². The Labute approximate surface area is 230 Å². The van der Waals surface area contributed by atoms with Gasteiger partial charge < -0.3 is 5.32 Å². The van der Waals surface area contributed by atoms with Crippen LogP contribution in [0.5, 0.6) is 0 Å². The number of fused-ring (bicyclic) bond motifs is 1. The number of aliphatic imine (C=N–C) groups is 2. The van der Waals surface area contributed by atoms with Crippen molar-refractivity contribution in [2.24, 2.45) is 9.98 Å². The Kier molecular flexibility index (Phi) is 7.04. The summed E-state index contributed by atoms with van der Waals surface area (Å²) in [5.41, 5.74) is 4.48. The zero-order valence-corrected chi connectivity index (χ0v) is 23.8. The molecular formula is C27H28F2N6O2S2. The van der Waals surface area contributed by atoms with Gasteiger partial charge in [0.25, 0.3) is 6.43 Å². The summed E-state index contributed by atoms with van der Waals surface area (Å²) < 4.78 is 52.8. The summed E-state index contributed by atoms with van der Waals surface area (Å²) in [6.07, 6.45) is 0.320. The van der Waals surface area contributed by atoms with Gasteiger partial charge in [-0.1, -0.05) is 6.07 Å². The van der Waals surface area contributed by atoms with E-state index in [4.69, 9.17) is 4.99 Å². The molecule has 0 aliphatic carbocycles. The molecule has 0 unspecified atom stereocenters. The van der Waals surface area contributed by atoms with Crippen LogP contribution in [0, 0.1) is 13.8 Å². The van der Waals surface area contributed by atoms with Gasteiger partial charge in [-0.3, -0.25) is 19.9 Å². The van der Waals surface area contributed by atoms with Crippen LogP contribution in [0.2, 0.25) is 0 Å². The number of alkyl halides is 2. The molecule has 3 aromatic rings. The summed E-state index contributed by atoms with van der Waals surface area (Å²) in [6.45, 7) is 7.79. The van der Waals surface area contributed by atoms with E-state index in [9.17, 15) is 17.2 Å². The summed E-state index contributed by atoms with van der Waals surface area (Å²) in [5, 5.41) is 3.95. The van der Waals surface area contributed by atoms with E-state index in [1.54, 1.807) is 36.2 Å². The summed E-state index contributed by atoms with van der Waals surface area (Å²) in [5.74, 6) is 0.803. The maximum absolute atomic E-state index is 13.6. The van der Waals surface area contributed by atoms with Gasteiger partial charge in [-0.2, -0.15) is 0 Å². The fraction of sp³-hybridized carbons (Fsp3) is 0.370. The van der Waals surface area contributed by atoms with Crippen LogP contribution in [-0.2, 0) is 22.7 Å². The SMILES string of the molecule is Cc1ncc(Cc2cc(Nc3ccc(C4=NC(C)(C)CS4)cc3S(C)(=O)=O)c3c(n2)CC(C(F)F)=N3)nc1C. The van der Waals surface area contributed by atoms with Gasteiger partial charge in [-0.25, -0.2) is 22.2 Å². The number of rotatable bonds is 7. The number of aromatic nitrogens is 3. The van der Waals surface area contributed by atoms with Gasteiger partial charge >= 0.3 is 0 Å². The first-order valence-electron chi connectivity index (χ1n) is 12.3. The van der Waals surface area contributed by atoms with Crippen LogP contribution in [0.25, 0.3) is 0 Å². The van der Waals surface area contributed by atoms with Crippen LogP contribution in [-0.4, -0.2) is 58.1 Å². The topological polar surface area (TPSA) is 110 Å². The molecule has 0 radical (unpaired) electrons. The molecule has 0 fully saturated rings. The molecule has 12 heteroatoms. The third kappa shape index (κ3) is 5.86. The van der Waals surface area contributed by atoms with Gasteiger partial charge in [-0.15, -0.1) is 11.8 Å². The predicted molar refractivity (Wildman–Crippen MR) is 151 cm³/mol. The van der Waals surface area contributed by atoms with Gasteiger partial charge in [0.1, 0.15) is 5.69 Å². The fourth-order valence-electron chi connectivity index (χ4n) is 4.37. The number of nitrogens with zero attached hydrogens (tertiary/aromatic N) is 5. The first-order valence-corrected chi connectivity index (χ1v) is 15.2. The van der Waals surface area contributed by atoms with Gasteiger partial charge in [0.2, 0.25) is 0 Å². The number of halogens is 2. The summed E-state index contributed by atoms with van der Waals surface area (Å²) in [7, 11) is -3.66. The first-order chi connectivity index (χ1) is 18.3. The van der Waals surface area contributed by atoms with Crippen molar-refractivity contribution in [1.29, 1.82) is 0 Å². The first kappa shape index (κ1) is 27.3. The number of pyridine rings is 1. The Hall–Kier alpha value is -3.25. The number of hydrogen-bond acceptors (Lipinski definition) is 9. The van der Waals surface area contributed by atoms with Gasteiger partial charge in [0, 0.05) is 42.3 Å². The number of aryl methyl sites for hydroxylation is 2. The largest absolute Gasteiger partial charge is 0.353 e. The number of sulfone groups is 1. The standard InChI is InChI=1S/C27H28F2N6O2S2/c1-14-15(2)31-18(12-30-14)9-17-10-20(24-21(32-17)11-22(34-24)25(28)29)33-19-7-6-16(8-23(19)39(5,36)37)26-35-27(3,4)13-38-26/h6-8,10,12,25H,9,11,13H2,1-5H3,(H,32,33). The predicted octanol–water partition coefficient (Wildman–Crippen LogP) is 5.39.